The van der Waals surface area contributed by atoms with Gasteiger partial charge in [-0.3, -0.25) is 14.8 Å². The predicted molar refractivity (Wildman–Crippen MR) is 115 cm³/mol. The molecule has 0 aliphatic heterocycles. The zero-order valence-corrected chi connectivity index (χ0v) is 17.3. The summed E-state index contributed by atoms with van der Waals surface area (Å²) in [5.41, 5.74) is 9.64. The number of nitrogens with two attached hydrogens (primary N) is 1. The third-order valence-corrected chi connectivity index (χ3v) is 5.14. The Hall–Kier alpha value is -3.16. The van der Waals surface area contributed by atoms with Gasteiger partial charge in [-0.25, -0.2) is 4.68 Å². The summed E-state index contributed by atoms with van der Waals surface area (Å²) in [6.45, 7) is 4.84. The summed E-state index contributed by atoms with van der Waals surface area (Å²) in [4.78, 5) is 21.1. The van der Waals surface area contributed by atoms with E-state index in [4.69, 9.17) is 10.5 Å². The molecule has 29 heavy (non-hydrogen) atoms. The monoisotopic (exact) mass is 396 g/mol. The van der Waals surface area contributed by atoms with Gasteiger partial charge in [-0.05, 0) is 43.7 Å². The zero-order valence-electron chi connectivity index (χ0n) is 17.3. The Labute approximate surface area is 170 Å². The number of anilines is 1. The molecular weight excluding hydrogens is 368 g/mol. The van der Waals surface area contributed by atoms with Gasteiger partial charge in [0.25, 0.3) is 5.56 Å². The molecule has 3 rings (SSSR count). The molecule has 3 N–H and O–H groups in total. The molecule has 8 nitrogen and oxygen atoms in total. The van der Waals surface area contributed by atoms with Crippen molar-refractivity contribution in [3.05, 3.63) is 57.8 Å². The van der Waals surface area contributed by atoms with Crippen LogP contribution in [0.15, 0.2) is 46.0 Å². The highest BCUT2D eigenvalue weighted by atomic mass is 16.5. The van der Waals surface area contributed by atoms with Gasteiger partial charge in [0, 0.05) is 43.9 Å². The lowest BCUT2D eigenvalue weighted by Crippen LogP contribution is -2.26. The van der Waals surface area contributed by atoms with E-state index in [0.29, 0.717) is 36.6 Å². The van der Waals surface area contributed by atoms with Crippen LogP contribution in [0.1, 0.15) is 30.5 Å². The molecule has 0 aromatic carbocycles. The minimum atomic E-state index is -0.227. The molecule has 1 aliphatic rings. The maximum Gasteiger partial charge on any atom is 0.290 e. The summed E-state index contributed by atoms with van der Waals surface area (Å²) in [6, 6.07) is 5.80. The first-order valence-corrected chi connectivity index (χ1v) is 9.65. The lowest BCUT2D eigenvalue weighted by atomic mass is 10.2. The van der Waals surface area contributed by atoms with Gasteiger partial charge < -0.3 is 15.8 Å². The molecule has 1 saturated carbocycles. The topological polar surface area (TPSA) is 107 Å². The average Bonchev–Trinajstić information content (AvgIpc) is 3.50. The molecule has 1 aliphatic carbocycles. The van der Waals surface area contributed by atoms with Gasteiger partial charge in [0.1, 0.15) is 5.69 Å². The Bertz CT molecular complexity index is 978. The van der Waals surface area contributed by atoms with Crippen molar-refractivity contribution in [3.8, 4) is 5.88 Å². The van der Waals surface area contributed by atoms with Crippen LogP contribution in [0, 0.1) is 12.8 Å². The second kappa shape index (κ2) is 8.89. The second-order valence-electron chi connectivity index (χ2n) is 7.37. The molecule has 2 atom stereocenters. The number of aryl methyl sites for hydroxylation is 2. The van der Waals surface area contributed by atoms with E-state index in [1.807, 2.05) is 20.0 Å². The van der Waals surface area contributed by atoms with Crippen molar-refractivity contribution in [3.63, 3.8) is 0 Å². The normalized spacial score (nSPS) is 19.2. The fourth-order valence-electron chi connectivity index (χ4n) is 3.13. The fourth-order valence-corrected chi connectivity index (χ4v) is 3.13. The van der Waals surface area contributed by atoms with Crippen molar-refractivity contribution in [1.82, 2.24) is 14.8 Å². The summed E-state index contributed by atoms with van der Waals surface area (Å²) in [6.07, 6.45) is 4.44. The third-order valence-electron chi connectivity index (χ3n) is 5.14. The smallest absolute Gasteiger partial charge is 0.290 e. The van der Waals surface area contributed by atoms with E-state index in [1.165, 1.54) is 10.9 Å². The number of ether oxygens (including phenoxy) is 1. The standard InChI is InChI=1S/C21H28N6O2/c1-13-5-6-17(24-10-13)16-7-15(16)12-29-20-8-18(21(28)27(4)26-20)25-11-19(23-3)14(2)9-22/h5-6,8-10,15-16,25H,7,11-12,22H2,1-4H3. The quantitative estimate of drug-likeness (QED) is 0.661. The fraction of sp³-hybridized carbons (Fsp3) is 0.429. The van der Waals surface area contributed by atoms with Gasteiger partial charge in [0.05, 0.1) is 18.9 Å². The zero-order chi connectivity index (χ0) is 21.0. The van der Waals surface area contributed by atoms with Crippen molar-refractivity contribution < 1.29 is 4.74 Å². The van der Waals surface area contributed by atoms with E-state index >= 15 is 0 Å². The van der Waals surface area contributed by atoms with Crippen LogP contribution in [0.2, 0.25) is 0 Å². The Morgan fingerprint density at radius 1 is 1.48 bits per heavy atom. The summed E-state index contributed by atoms with van der Waals surface area (Å²) < 4.78 is 7.16. The van der Waals surface area contributed by atoms with Crippen LogP contribution < -0.4 is 21.3 Å². The minimum Gasteiger partial charge on any atom is -0.476 e. The first kappa shape index (κ1) is 20.6. The molecule has 0 radical (unpaired) electrons. The van der Waals surface area contributed by atoms with Gasteiger partial charge in [0.15, 0.2) is 0 Å². The molecule has 0 spiro atoms. The summed E-state index contributed by atoms with van der Waals surface area (Å²) in [5, 5.41) is 7.32. The number of aromatic nitrogens is 3. The number of nitrogens with zero attached hydrogens (tertiary/aromatic N) is 4. The number of pyridine rings is 1. The van der Waals surface area contributed by atoms with E-state index in [9.17, 15) is 4.79 Å². The summed E-state index contributed by atoms with van der Waals surface area (Å²) in [5.74, 6) is 1.25. The third kappa shape index (κ3) is 5.01. The van der Waals surface area contributed by atoms with E-state index in [1.54, 1.807) is 20.2 Å². The van der Waals surface area contributed by atoms with E-state index < -0.39 is 0 Å². The lowest BCUT2D eigenvalue weighted by Gasteiger charge is -2.12. The molecule has 154 valence electrons. The van der Waals surface area contributed by atoms with Crippen LogP contribution in [0.3, 0.4) is 0 Å². The molecule has 2 unspecified atom stereocenters. The first-order chi connectivity index (χ1) is 13.9. The van der Waals surface area contributed by atoms with Crippen molar-refractivity contribution >= 4 is 11.4 Å². The van der Waals surface area contributed by atoms with Gasteiger partial charge in [-0.15, -0.1) is 5.10 Å². The second-order valence-corrected chi connectivity index (χ2v) is 7.37. The summed E-state index contributed by atoms with van der Waals surface area (Å²) in [7, 11) is 3.30. The number of rotatable bonds is 8. The lowest BCUT2D eigenvalue weighted by molar-refractivity contribution is 0.278. The van der Waals surface area contributed by atoms with E-state index in [-0.39, 0.29) is 5.56 Å². The van der Waals surface area contributed by atoms with Crippen LogP contribution in [0.4, 0.5) is 5.69 Å². The molecule has 0 bridgehead atoms. The average molecular weight is 396 g/mol. The summed E-state index contributed by atoms with van der Waals surface area (Å²) >= 11 is 0. The first-order valence-electron chi connectivity index (χ1n) is 9.65. The predicted octanol–water partition coefficient (Wildman–Crippen LogP) is 2.01. The Kier molecular flexibility index (Phi) is 6.31. The van der Waals surface area contributed by atoms with E-state index in [0.717, 1.165) is 29.0 Å². The highest BCUT2D eigenvalue weighted by Gasteiger charge is 2.40. The highest BCUT2D eigenvalue weighted by Crippen LogP contribution is 2.46. The number of hydrogen-bond acceptors (Lipinski definition) is 7. The van der Waals surface area contributed by atoms with Crippen molar-refractivity contribution in [2.45, 2.75) is 26.2 Å². The molecule has 8 heteroatoms. The van der Waals surface area contributed by atoms with Gasteiger partial charge in [-0.2, -0.15) is 0 Å². The highest BCUT2D eigenvalue weighted by molar-refractivity contribution is 6.02. The molecule has 1 fully saturated rings. The van der Waals surface area contributed by atoms with Crippen LogP contribution in [0.5, 0.6) is 5.88 Å². The Morgan fingerprint density at radius 2 is 2.28 bits per heavy atom. The van der Waals surface area contributed by atoms with Crippen LogP contribution in [0.25, 0.3) is 0 Å². The van der Waals surface area contributed by atoms with Crippen LogP contribution in [-0.4, -0.2) is 40.7 Å². The van der Waals surface area contributed by atoms with E-state index in [2.05, 4.69) is 32.5 Å². The molecule has 0 amide bonds. The number of nitrogens with one attached hydrogen (secondary N) is 1. The van der Waals surface area contributed by atoms with Crippen molar-refractivity contribution in [2.75, 3.05) is 25.5 Å². The minimum absolute atomic E-state index is 0.227. The number of aliphatic imine (C=N–C) groups is 1. The molecule has 0 saturated heterocycles. The van der Waals surface area contributed by atoms with Crippen molar-refractivity contribution in [2.24, 2.45) is 23.7 Å². The SMILES string of the molecule is CN=C(CNc1cc(OCC2CC2c2ccc(C)cn2)nn(C)c1=O)C(C)=CN. The number of hydrogen-bond donors (Lipinski definition) is 2. The molecular formula is C21H28N6O2. The van der Waals surface area contributed by atoms with Gasteiger partial charge in [-0.1, -0.05) is 6.07 Å². The Morgan fingerprint density at radius 3 is 2.93 bits per heavy atom. The van der Waals surface area contributed by atoms with Gasteiger partial charge in [0.2, 0.25) is 5.88 Å². The maximum atomic E-state index is 12.4. The molecule has 2 heterocycles. The van der Waals surface area contributed by atoms with Crippen LogP contribution in [-0.2, 0) is 7.05 Å². The largest absolute Gasteiger partial charge is 0.476 e. The Balaban J connectivity index is 1.62. The van der Waals surface area contributed by atoms with Crippen molar-refractivity contribution in [1.29, 1.82) is 0 Å². The van der Waals surface area contributed by atoms with Crippen LogP contribution >= 0.6 is 0 Å². The molecule has 2 aromatic rings. The molecule has 2 aromatic heterocycles. The maximum absolute atomic E-state index is 12.4. The van der Waals surface area contributed by atoms with Gasteiger partial charge >= 0.3 is 0 Å².